The van der Waals surface area contributed by atoms with Crippen LogP contribution in [0.5, 0.6) is 5.75 Å². The van der Waals surface area contributed by atoms with Crippen LogP contribution < -0.4 is 15.0 Å². The van der Waals surface area contributed by atoms with Gasteiger partial charge >= 0.3 is 6.09 Å². The van der Waals surface area contributed by atoms with Crippen LogP contribution >= 0.6 is 0 Å². The van der Waals surface area contributed by atoms with Crippen LogP contribution in [-0.4, -0.2) is 48.2 Å². The molecule has 2 aliphatic rings. The molecule has 0 saturated carbocycles. The second-order valence-corrected chi connectivity index (χ2v) is 9.67. The number of anilines is 1. The summed E-state index contributed by atoms with van der Waals surface area (Å²) in [4.78, 5) is 28.6. The van der Waals surface area contributed by atoms with Crippen molar-refractivity contribution in [2.45, 2.75) is 25.0 Å². The van der Waals surface area contributed by atoms with Crippen LogP contribution in [0.1, 0.15) is 36.1 Å². The Kier molecular flexibility index (Phi) is 7.85. The van der Waals surface area contributed by atoms with Crippen molar-refractivity contribution in [3.05, 3.63) is 95.3 Å². The van der Waals surface area contributed by atoms with E-state index in [2.05, 4.69) is 5.32 Å². The summed E-state index contributed by atoms with van der Waals surface area (Å²) in [6.45, 7) is 2.27. The van der Waals surface area contributed by atoms with E-state index in [-0.39, 0.29) is 30.1 Å². The monoisotopic (exact) mass is 539 g/mol. The second-order valence-electron chi connectivity index (χ2n) is 9.67. The van der Waals surface area contributed by atoms with Gasteiger partial charge in [-0.25, -0.2) is 18.0 Å². The molecule has 0 aromatic heterocycles. The summed E-state index contributed by atoms with van der Waals surface area (Å²) in [5.74, 6) is -2.45. The number of piperazine rings is 1. The largest absolute Gasteiger partial charge is 0.415 e. The quantitative estimate of drug-likeness (QED) is 0.425. The zero-order valence-electron chi connectivity index (χ0n) is 21.0. The fourth-order valence-corrected chi connectivity index (χ4v) is 5.09. The van der Waals surface area contributed by atoms with Gasteiger partial charge in [0.05, 0.1) is 18.1 Å². The van der Waals surface area contributed by atoms with Gasteiger partial charge in [-0.1, -0.05) is 18.2 Å². The van der Waals surface area contributed by atoms with E-state index in [1.165, 1.54) is 70.5 Å². The van der Waals surface area contributed by atoms with Gasteiger partial charge in [-0.2, -0.15) is 0 Å². The molecule has 0 radical (unpaired) electrons. The maximum atomic E-state index is 15.5. The minimum Gasteiger partial charge on any atom is -0.410 e. The number of aliphatic hydroxyl groups is 1. The van der Waals surface area contributed by atoms with E-state index in [0.29, 0.717) is 37.4 Å². The Morgan fingerprint density at radius 1 is 0.974 bits per heavy atom. The van der Waals surface area contributed by atoms with Crippen molar-refractivity contribution in [1.82, 2.24) is 10.2 Å². The lowest BCUT2D eigenvalue weighted by atomic mass is 9.78. The maximum Gasteiger partial charge on any atom is 0.415 e. The summed E-state index contributed by atoms with van der Waals surface area (Å²) in [5.41, 5.74) is 1.13. The highest BCUT2D eigenvalue weighted by Gasteiger charge is 2.49. The molecule has 2 saturated heterocycles. The van der Waals surface area contributed by atoms with Gasteiger partial charge < -0.3 is 25.0 Å². The molecule has 7 nitrogen and oxygen atoms in total. The molecule has 2 fully saturated rings. The Morgan fingerprint density at radius 3 is 2.26 bits per heavy atom. The van der Waals surface area contributed by atoms with Crippen molar-refractivity contribution in [2.75, 3.05) is 31.1 Å². The van der Waals surface area contributed by atoms with Crippen molar-refractivity contribution in [3.8, 4) is 5.75 Å². The molecule has 3 aromatic rings. The van der Waals surface area contributed by atoms with Gasteiger partial charge in [0.1, 0.15) is 23.2 Å². The molecule has 5 rings (SSSR count). The van der Waals surface area contributed by atoms with Crippen molar-refractivity contribution in [2.24, 2.45) is 5.92 Å². The predicted molar refractivity (Wildman–Crippen MR) is 138 cm³/mol. The Bertz CT molecular complexity index is 1330. The van der Waals surface area contributed by atoms with Crippen molar-refractivity contribution in [3.63, 3.8) is 0 Å². The van der Waals surface area contributed by atoms with Crippen molar-refractivity contribution in [1.29, 1.82) is 0 Å². The summed E-state index contributed by atoms with van der Waals surface area (Å²) >= 11 is 0. The Hall–Kier alpha value is -3.89. The number of amides is 2. The first-order valence-electron chi connectivity index (χ1n) is 12.8. The predicted octanol–water partition coefficient (Wildman–Crippen LogP) is 4.73. The van der Waals surface area contributed by atoms with Crippen molar-refractivity contribution < 1.29 is 32.6 Å². The molecule has 2 aliphatic heterocycles. The van der Waals surface area contributed by atoms with Gasteiger partial charge in [-0.15, -0.1) is 0 Å². The van der Waals surface area contributed by atoms with Gasteiger partial charge in [0.25, 0.3) is 0 Å². The number of ether oxygens (including phenoxy) is 1. The molecule has 0 spiro atoms. The van der Waals surface area contributed by atoms with E-state index in [0.717, 1.165) is 6.07 Å². The minimum atomic E-state index is -0.935. The maximum absolute atomic E-state index is 15.5. The third kappa shape index (κ3) is 5.76. The molecule has 10 heteroatoms. The molecule has 2 heterocycles. The van der Waals surface area contributed by atoms with E-state index < -0.39 is 41.6 Å². The number of aliphatic hydroxyl groups excluding tert-OH is 1. The fraction of sp³-hybridized carbons (Fsp3) is 0.310. The van der Waals surface area contributed by atoms with Gasteiger partial charge in [-0.05, 0) is 60.9 Å². The molecule has 2 unspecified atom stereocenters. The number of benzene rings is 3. The highest BCUT2D eigenvalue weighted by atomic mass is 19.1. The number of hydrogen-bond acceptors (Lipinski definition) is 5. The van der Waals surface area contributed by atoms with Gasteiger partial charge in [-0.3, -0.25) is 4.79 Å². The average Bonchev–Trinajstić information content (AvgIpc) is 2.94. The fourth-order valence-electron chi connectivity index (χ4n) is 5.09. The molecule has 2 N–H and O–H groups in total. The van der Waals surface area contributed by atoms with E-state index in [9.17, 15) is 23.5 Å². The molecule has 0 bridgehead atoms. The van der Waals surface area contributed by atoms with Crippen LogP contribution in [0.4, 0.5) is 23.7 Å². The van der Waals surface area contributed by atoms with E-state index >= 15 is 4.39 Å². The zero-order valence-corrected chi connectivity index (χ0v) is 21.0. The number of nitrogens with one attached hydrogen (secondary N) is 1. The van der Waals surface area contributed by atoms with Gasteiger partial charge in [0.15, 0.2) is 0 Å². The summed E-state index contributed by atoms with van der Waals surface area (Å²) in [6, 6.07) is 14.2. The standard InChI is InChI=1S/C29H28F3N3O4/c30-19-3-1-18(2-4-19)26(36)12-11-24-27(35(28(24)37)21-7-5-20(31)6-8-21)23-10-9-22(17-25(23)32)39-29(38)34-15-13-33-14-16-34/h1-10,17,24,26-27,33,36H,11-16H2/t24?,26-,27?/m0/s1. The lowest BCUT2D eigenvalue weighted by Gasteiger charge is -2.48. The average molecular weight is 540 g/mol. The number of carbonyl (C=O) groups is 2. The SMILES string of the molecule is O=C(Oc1ccc(C2C(CC[C@H](O)c3ccc(F)cc3)C(=O)N2c2ccc(F)cc2)c(F)c1)N1CCNCC1. The van der Waals surface area contributed by atoms with E-state index in [1.54, 1.807) is 0 Å². The molecule has 204 valence electrons. The highest BCUT2D eigenvalue weighted by Crippen LogP contribution is 2.47. The normalized spacial score (nSPS) is 19.9. The highest BCUT2D eigenvalue weighted by molar-refractivity contribution is 6.03. The number of rotatable bonds is 7. The van der Waals surface area contributed by atoms with Crippen LogP contribution in [0.3, 0.4) is 0 Å². The molecule has 3 atom stereocenters. The molecule has 2 amide bonds. The first-order chi connectivity index (χ1) is 18.8. The Labute approximate surface area is 223 Å². The number of halogens is 3. The third-order valence-electron chi connectivity index (χ3n) is 7.20. The molecule has 39 heavy (non-hydrogen) atoms. The van der Waals surface area contributed by atoms with Crippen LogP contribution in [0, 0.1) is 23.4 Å². The number of carbonyl (C=O) groups excluding carboxylic acids is 2. The first-order valence-corrected chi connectivity index (χ1v) is 12.8. The van der Waals surface area contributed by atoms with E-state index in [1.807, 2.05) is 0 Å². The summed E-state index contributed by atoms with van der Waals surface area (Å²) < 4.78 is 47.6. The smallest absolute Gasteiger partial charge is 0.410 e. The van der Waals surface area contributed by atoms with Crippen LogP contribution in [0.15, 0.2) is 66.7 Å². The van der Waals surface area contributed by atoms with Gasteiger partial charge in [0, 0.05) is 43.5 Å². The number of nitrogens with zero attached hydrogens (tertiary/aromatic N) is 2. The zero-order chi connectivity index (χ0) is 27.5. The number of β-lactam (4-membered cyclic amide) rings is 1. The lowest BCUT2D eigenvalue weighted by molar-refractivity contribution is -0.131. The first kappa shape index (κ1) is 26.7. The summed E-state index contributed by atoms with van der Waals surface area (Å²) in [5, 5.41) is 13.7. The minimum absolute atomic E-state index is 0.0436. The lowest BCUT2D eigenvalue weighted by Crippen LogP contribution is -2.55. The van der Waals surface area contributed by atoms with Crippen LogP contribution in [-0.2, 0) is 4.79 Å². The van der Waals surface area contributed by atoms with E-state index in [4.69, 9.17) is 4.74 Å². The van der Waals surface area contributed by atoms with Crippen molar-refractivity contribution >= 4 is 17.7 Å². The second kappa shape index (κ2) is 11.5. The van der Waals surface area contributed by atoms with Crippen LogP contribution in [0.25, 0.3) is 0 Å². The summed E-state index contributed by atoms with van der Waals surface area (Å²) in [7, 11) is 0. The summed E-state index contributed by atoms with van der Waals surface area (Å²) in [6.07, 6.45) is -1.07. The molecule has 3 aromatic carbocycles. The number of hydrogen-bond donors (Lipinski definition) is 2. The molecular weight excluding hydrogens is 511 g/mol. The molecular formula is C29H28F3N3O4. The Balaban J connectivity index is 1.36. The van der Waals surface area contributed by atoms with Crippen LogP contribution in [0.2, 0.25) is 0 Å². The topological polar surface area (TPSA) is 82.1 Å². The third-order valence-corrected chi connectivity index (χ3v) is 7.20. The molecule has 0 aliphatic carbocycles. The Morgan fingerprint density at radius 2 is 1.62 bits per heavy atom. The van der Waals surface area contributed by atoms with Gasteiger partial charge in [0.2, 0.25) is 5.91 Å².